The Morgan fingerprint density at radius 2 is 1.79 bits per heavy atom. The summed E-state index contributed by atoms with van der Waals surface area (Å²) in [5.74, 6) is -0.957. The van der Waals surface area contributed by atoms with Gasteiger partial charge in [-0.1, -0.05) is 19.3 Å². The lowest BCUT2D eigenvalue weighted by Crippen LogP contribution is -2.48. The molecule has 0 atom stereocenters. The van der Waals surface area contributed by atoms with Crippen molar-refractivity contribution in [3.05, 3.63) is 0 Å². The van der Waals surface area contributed by atoms with Crippen LogP contribution in [0.5, 0.6) is 0 Å². The number of hydrogen-bond acceptors (Lipinski definition) is 3. The molecule has 2 amide bonds. The van der Waals surface area contributed by atoms with Gasteiger partial charge in [-0.05, 0) is 50.4 Å². The van der Waals surface area contributed by atoms with E-state index in [0.717, 1.165) is 38.7 Å². The molecule has 0 radical (unpaired) electrons. The van der Waals surface area contributed by atoms with Crippen LogP contribution in [0.3, 0.4) is 0 Å². The van der Waals surface area contributed by atoms with Crippen LogP contribution in [0, 0.1) is 11.3 Å². The molecule has 0 bridgehead atoms. The van der Waals surface area contributed by atoms with Gasteiger partial charge in [-0.3, -0.25) is 4.79 Å². The van der Waals surface area contributed by atoms with Crippen LogP contribution in [0.2, 0.25) is 0 Å². The Morgan fingerprint density at radius 1 is 1.12 bits per heavy atom. The normalized spacial score (nSPS) is 26.5. The Labute approximate surface area is 144 Å². The van der Waals surface area contributed by atoms with Gasteiger partial charge in [0.25, 0.3) is 0 Å². The van der Waals surface area contributed by atoms with Crippen LogP contribution in [0.15, 0.2) is 0 Å². The zero-order chi connectivity index (χ0) is 17.4. The molecule has 6 nitrogen and oxygen atoms in total. The number of carbonyl (C=O) groups is 2. The Bertz CT molecular complexity index is 413. The third-order valence-electron chi connectivity index (χ3n) is 5.79. The van der Waals surface area contributed by atoms with Crippen molar-refractivity contribution in [2.45, 2.75) is 70.3 Å². The van der Waals surface area contributed by atoms with Gasteiger partial charge in [0.05, 0.1) is 5.92 Å². The van der Waals surface area contributed by atoms with Crippen LogP contribution in [0.25, 0.3) is 0 Å². The van der Waals surface area contributed by atoms with Crippen molar-refractivity contribution in [1.29, 1.82) is 0 Å². The van der Waals surface area contributed by atoms with Crippen molar-refractivity contribution in [2.24, 2.45) is 11.3 Å². The van der Waals surface area contributed by atoms with E-state index in [2.05, 4.69) is 10.6 Å². The summed E-state index contributed by atoms with van der Waals surface area (Å²) in [5, 5.41) is 15.1. The molecule has 0 aliphatic heterocycles. The second kappa shape index (κ2) is 9.25. The number of carboxylic acids is 1. The summed E-state index contributed by atoms with van der Waals surface area (Å²) in [5.41, 5.74) is 0.173. The van der Waals surface area contributed by atoms with Gasteiger partial charge in [0, 0.05) is 26.3 Å². The van der Waals surface area contributed by atoms with Crippen molar-refractivity contribution in [3.8, 4) is 0 Å². The molecule has 6 heteroatoms. The zero-order valence-electron chi connectivity index (χ0n) is 14.8. The van der Waals surface area contributed by atoms with Crippen LogP contribution < -0.4 is 10.6 Å². The second-order valence-corrected chi connectivity index (χ2v) is 7.52. The number of aliphatic carboxylic acids is 1. The van der Waals surface area contributed by atoms with E-state index < -0.39 is 5.97 Å². The minimum absolute atomic E-state index is 0.0990. The van der Waals surface area contributed by atoms with Gasteiger partial charge in [0.2, 0.25) is 0 Å². The van der Waals surface area contributed by atoms with Crippen LogP contribution in [-0.4, -0.2) is 43.4 Å². The average molecular weight is 340 g/mol. The lowest BCUT2D eigenvalue weighted by molar-refractivity contribution is -0.142. The van der Waals surface area contributed by atoms with E-state index in [1.54, 1.807) is 7.11 Å². The highest BCUT2D eigenvalue weighted by molar-refractivity contribution is 5.74. The van der Waals surface area contributed by atoms with Gasteiger partial charge in [-0.2, -0.15) is 0 Å². The Morgan fingerprint density at radius 3 is 2.38 bits per heavy atom. The van der Waals surface area contributed by atoms with Gasteiger partial charge in [0.1, 0.15) is 0 Å². The molecule has 2 rings (SSSR count). The minimum Gasteiger partial charge on any atom is -0.481 e. The molecule has 0 aromatic carbocycles. The van der Waals surface area contributed by atoms with Crippen molar-refractivity contribution < 1.29 is 19.4 Å². The maximum absolute atomic E-state index is 12.2. The number of methoxy groups -OCH3 is 1. The van der Waals surface area contributed by atoms with E-state index in [-0.39, 0.29) is 23.4 Å². The third-order valence-corrected chi connectivity index (χ3v) is 5.79. The second-order valence-electron chi connectivity index (χ2n) is 7.52. The third kappa shape index (κ3) is 5.65. The number of carboxylic acid groups (broad SMARTS) is 1. The van der Waals surface area contributed by atoms with Gasteiger partial charge >= 0.3 is 12.0 Å². The first-order chi connectivity index (χ1) is 11.5. The molecule has 0 unspecified atom stereocenters. The van der Waals surface area contributed by atoms with E-state index in [1.807, 2.05) is 0 Å². The van der Waals surface area contributed by atoms with Gasteiger partial charge < -0.3 is 20.5 Å². The van der Waals surface area contributed by atoms with Crippen LogP contribution in [0.4, 0.5) is 4.79 Å². The first-order valence-corrected chi connectivity index (χ1v) is 9.31. The number of rotatable bonds is 7. The van der Waals surface area contributed by atoms with Gasteiger partial charge in [0.15, 0.2) is 0 Å². The molecule has 24 heavy (non-hydrogen) atoms. The fraction of sp³-hybridized carbons (Fsp3) is 0.889. The first kappa shape index (κ1) is 19.0. The van der Waals surface area contributed by atoms with E-state index in [0.29, 0.717) is 19.4 Å². The largest absolute Gasteiger partial charge is 0.481 e. The summed E-state index contributed by atoms with van der Waals surface area (Å²) < 4.78 is 5.25. The minimum atomic E-state index is -0.713. The molecule has 2 saturated carbocycles. The number of urea groups is 1. The van der Waals surface area contributed by atoms with Crippen molar-refractivity contribution in [2.75, 3.05) is 20.3 Å². The molecule has 0 spiro atoms. The molecule has 0 heterocycles. The van der Waals surface area contributed by atoms with Crippen molar-refractivity contribution in [3.63, 3.8) is 0 Å². The molecular formula is C18H32N2O4. The molecular weight excluding hydrogens is 308 g/mol. The van der Waals surface area contributed by atoms with Crippen LogP contribution in [0.1, 0.15) is 64.2 Å². The van der Waals surface area contributed by atoms with Crippen molar-refractivity contribution >= 4 is 12.0 Å². The highest BCUT2D eigenvalue weighted by atomic mass is 16.5. The molecule has 0 aromatic heterocycles. The smallest absolute Gasteiger partial charge is 0.315 e. The van der Waals surface area contributed by atoms with E-state index in [9.17, 15) is 9.59 Å². The molecule has 0 aromatic rings. The predicted molar refractivity (Wildman–Crippen MR) is 91.9 cm³/mol. The Hall–Kier alpha value is -1.30. The Balaban J connectivity index is 1.74. The predicted octanol–water partition coefficient (Wildman–Crippen LogP) is 2.92. The highest BCUT2D eigenvalue weighted by Gasteiger charge is 2.32. The van der Waals surface area contributed by atoms with Crippen LogP contribution >= 0.6 is 0 Å². The molecule has 2 aliphatic rings. The number of hydrogen-bond donors (Lipinski definition) is 3. The Kier molecular flexibility index (Phi) is 7.34. The van der Waals surface area contributed by atoms with E-state index >= 15 is 0 Å². The molecule has 138 valence electrons. The fourth-order valence-electron chi connectivity index (χ4n) is 4.12. The summed E-state index contributed by atoms with van der Waals surface area (Å²) >= 11 is 0. The SMILES string of the molecule is COCCC1(CNC(=O)NC2CCC(C(=O)O)CC2)CCCCC1. The summed E-state index contributed by atoms with van der Waals surface area (Å²) in [6.07, 6.45) is 9.84. The quantitative estimate of drug-likeness (QED) is 0.665. The fourth-order valence-corrected chi connectivity index (χ4v) is 4.12. The number of carbonyl (C=O) groups excluding carboxylic acids is 1. The first-order valence-electron chi connectivity index (χ1n) is 9.31. The topological polar surface area (TPSA) is 87.7 Å². The monoisotopic (exact) mass is 340 g/mol. The number of amides is 2. The standard InChI is InChI=1S/C18H32N2O4/c1-24-12-11-18(9-3-2-4-10-18)13-19-17(23)20-15-7-5-14(6-8-15)16(21)22/h14-15H,2-13H2,1H3,(H,21,22)(H2,19,20,23). The molecule has 2 aliphatic carbocycles. The number of nitrogens with one attached hydrogen (secondary N) is 2. The average Bonchev–Trinajstić information content (AvgIpc) is 2.60. The summed E-state index contributed by atoms with van der Waals surface area (Å²) in [7, 11) is 1.73. The summed E-state index contributed by atoms with van der Waals surface area (Å²) in [6, 6.07) is -0.0157. The van der Waals surface area contributed by atoms with E-state index in [1.165, 1.54) is 19.3 Å². The van der Waals surface area contributed by atoms with Gasteiger partial charge in [-0.25, -0.2) is 4.79 Å². The van der Waals surface area contributed by atoms with Crippen molar-refractivity contribution in [1.82, 2.24) is 10.6 Å². The summed E-state index contributed by atoms with van der Waals surface area (Å²) in [4.78, 5) is 23.2. The maximum Gasteiger partial charge on any atom is 0.315 e. The lowest BCUT2D eigenvalue weighted by atomic mass is 9.72. The maximum atomic E-state index is 12.2. The van der Waals surface area contributed by atoms with E-state index in [4.69, 9.17) is 9.84 Å². The number of ether oxygens (including phenoxy) is 1. The summed E-state index contributed by atoms with van der Waals surface area (Å²) in [6.45, 7) is 1.44. The van der Waals surface area contributed by atoms with Gasteiger partial charge in [-0.15, -0.1) is 0 Å². The zero-order valence-corrected chi connectivity index (χ0v) is 14.8. The van der Waals surface area contributed by atoms with Crippen LogP contribution in [-0.2, 0) is 9.53 Å². The highest BCUT2D eigenvalue weighted by Crippen LogP contribution is 2.38. The molecule has 3 N–H and O–H groups in total. The lowest BCUT2D eigenvalue weighted by Gasteiger charge is -2.37. The molecule has 0 saturated heterocycles. The molecule has 2 fully saturated rings.